The largest absolute Gasteiger partial charge is 0.358 e. The third kappa shape index (κ3) is 5.83. The summed E-state index contributed by atoms with van der Waals surface area (Å²) in [5.74, 6) is 1.66. The van der Waals surface area contributed by atoms with Crippen molar-refractivity contribution in [3.05, 3.63) is 36.5 Å². The minimum Gasteiger partial charge on any atom is -0.358 e. The molecule has 0 radical (unpaired) electrons. The fraction of sp³-hybridized carbons (Fsp3) is 0.593. The summed E-state index contributed by atoms with van der Waals surface area (Å²) in [4.78, 5) is 20.4. The van der Waals surface area contributed by atoms with Crippen LogP contribution >= 0.6 is 0 Å². The van der Waals surface area contributed by atoms with Gasteiger partial charge in [0.25, 0.3) is 0 Å². The highest BCUT2D eigenvalue weighted by Crippen LogP contribution is 2.29. The van der Waals surface area contributed by atoms with E-state index in [0.717, 1.165) is 29.8 Å². The number of hydrogen-bond acceptors (Lipinski definition) is 5. The van der Waals surface area contributed by atoms with Gasteiger partial charge in [0.15, 0.2) is 0 Å². The molecule has 2 unspecified atom stereocenters. The molecule has 1 aromatic carbocycles. The van der Waals surface area contributed by atoms with E-state index in [2.05, 4.69) is 40.4 Å². The number of fused-ring (bicyclic) bond motifs is 1. The van der Waals surface area contributed by atoms with Gasteiger partial charge in [0.2, 0.25) is 5.91 Å². The molecule has 0 spiro atoms. The van der Waals surface area contributed by atoms with Crippen molar-refractivity contribution in [2.24, 2.45) is 11.8 Å². The molecule has 33 heavy (non-hydrogen) atoms. The number of nitrogens with zero attached hydrogens (tertiary/aromatic N) is 3. The van der Waals surface area contributed by atoms with Gasteiger partial charge in [-0.3, -0.25) is 9.69 Å². The Hall–Kier alpha value is -2.65. The van der Waals surface area contributed by atoms with Gasteiger partial charge in [-0.2, -0.15) is 5.26 Å². The number of anilines is 1. The van der Waals surface area contributed by atoms with Crippen molar-refractivity contribution >= 4 is 22.5 Å². The second kappa shape index (κ2) is 10.5. The molecule has 1 aliphatic carbocycles. The van der Waals surface area contributed by atoms with Gasteiger partial charge in [-0.25, -0.2) is 4.98 Å². The zero-order valence-corrected chi connectivity index (χ0v) is 20.0. The first-order valence-corrected chi connectivity index (χ1v) is 12.5. The number of pyridine rings is 1. The zero-order chi connectivity index (χ0) is 23.3. The molecule has 2 heterocycles. The summed E-state index contributed by atoms with van der Waals surface area (Å²) in [5, 5.41) is 18.7. The number of carbonyl (C=O) groups is 1. The average molecular weight is 448 g/mol. The molecular formula is C27H37N5O. The van der Waals surface area contributed by atoms with Gasteiger partial charge in [0.1, 0.15) is 17.4 Å². The van der Waals surface area contributed by atoms with Gasteiger partial charge in [-0.15, -0.1) is 0 Å². The summed E-state index contributed by atoms with van der Waals surface area (Å²) in [6, 6.07) is 12.0. The average Bonchev–Trinajstić information content (AvgIpc) is 3.22. The first-order chi connectivity index (χ1) is 16.0. The number of nitrogens with one attached hydrogen (secondary N) is 2. The molecule has 176 valence electrons. The maximum atomic E-state index is 13.5. The van der Waals surface area contributed by atoms with E-state index < -0.39 is 11.6 Å². The molecule has 4 rings (SSSR count). The molecule has 6 heteroatoms. The Kier molecular flexibility index (Phi) is 7.49. The van der Waals surface area contributed by atoms with Crippen LogP contribution in [0.3, 0.4) is 0 Å². The molecule has 1 aliphatic heterocycles. The third-order valence-electron chi connectivity index (χ3n) is 7.17. The minimum absolute atomic E-state index is 0.112. The molecule has 2 atom stereocenters. The lowest BCUT2D eigenvalue weighted by atomic mass is 9.89. The van der Waals surface area contributed by atoms with Crippen LogP contribution in [0.5, 0.6) is 0 Å². The van der Waals surface area contributed by atoms with E-state index in [9.17, 15) is 10.1 Å². The van der Waals surface area contributed by atoms with Crippen molar-refractivity contribution in [1.82, 2.24) is 15.2 Å². The van der Waals surface area contributed by atoms with Gasteiger partial charge >= 0.3 is 0 Å². The van der Waals surface area contributed by atoms with Crippen molar-refractivity contribution in [3.8, 4) is 6.07 Å². The predicted octanol–water partition coefficient (Wildman–Crippen LogP) is 4.73. The molecule has 6 nitrogen and oxygen atoms in total. The Morgan fingerprint density at radius 1 is 1.24 bits per heavy atom. The van der Waals surface area contributed by atoms with Crippen LogP contribution in [0.1, 0.15) is 58.8 Å². The number of likely N-dealkylation sites (tertiary alicyclic amines) is 1. The van der Waals surface area contributed by atoms with Crippen LogP contribution in [0, 0.1) is 23.2 Å². The first-order valence-electron chi connectivity index (χ1n) is 12.5. The molecule has 1 saturated carbocycles. The number of rotatable bonds is 8. The lowest BCUT2D eigenvalue weighted by Crippen LogP contribution is -2.54. The Bertz CT molecular complexity index is 988. The predicted molar refractivity (Wildman–Crippen MR) is 133 cm³/mol. The van der Waals surface area contributed by atoms with E-state index in [1.165, 1.54) is 32.1 Å². The van der Waals surface area contributed by atoms with Crippen molar-refractivity contribution < 1.29 is 4.79 Å². The van der Waals surface area contributed by atoms with Crippen molar-refractivity contribution in [1.29, 1.82) is 5.26 Å². The topological polar surface area (TPSA) is 81.0 Å². The van der Waals surface area contributed by atoms with E-state index >= 15 is 0 Å². The molecule has 1 amide bonds. The van der Waals surface area contributed by atoms with E-state index in [0.29, 0.717) is 31.1 Å². The van der Waals surface area contributed by atoms with Gasteiger partial charge < -0.3 is 10.6 Å². The van der Waals surface area contributed by atoms with Crippen LogP contribution < -0.4 is 10.6 Å². The fourth-order valence-corrected chi connectivity index (χ4v) is 5.43. The van der Waals surface area contributed by atoms with Crippen LogP contribution in [-0.2, 0) is 4.79 Å². The van der Waals surface area contributed by atoms with Crippen molar-refractivity contribution in [3.63, 3.8) is 0 Å². The molecule has 2 fully saturated rings. The van der Waals surface area contributed by atoms with E-state index in [4.69, 9.17) is 0 Å². The van der Waals surface area contributed by atoms with E-state index in [-0.39, 0.29) is 5.91 Å². The highest BCUT2D eigenvalue weighted by molar-refractivity contribution is 5.94. The van der Waals surface area contributed by atoms with Crippen molar-refractivity contribution in [2.75, 3.05) is 25.0 Å². The summed E-state index contributed by atoms with van der Waals surface area (Å²) in [7, 11) is 0. The standard InChI is InChI=1S/C27H37N5O/c1-20(2)16-24(30-25-23-11-7-6-10-22(23)12-14-29-25)26(33)31-27(18-28)13-15-32(19-27)17-21-8-4-3-5-9-21/h6-7,10-12,14,20-21,24H,3-5,8-9,13,15-17,19H2,1-2H3,(H,29,30)(H,31,33). The Morgan fingerprint density at radius 3 is 2.79 bits per heavy atom. The van der Waals surface area contributed by atoms with Crippen molar-refractivity contribution in [2.45, 2.75) is 70.4 Å². The highest BCUT2D eigenvalue weighted by atomic mass is 16.2. The zero-order valence-electron chi connectivity index (χ0n) is 20.0. The van der Waals surface area contributed by atoms with Gasteiger partial charge in [0.05, 0.1) is 6.07 Å². The summed E-state index contributed by atoms with van der Waals surface area (Å²) >= 11 is 0. The quantitative estimate of drug-likeness (QED) is 0.612. The smallest absolute Gasteiger partial charge is 0.243 e. The number of aromatic nitrogens is 1. The number of carbonyl (C=O) groups excluding carboxylic acids is 1. The summed E-state index contributed by atoms with van der Waals surface area (Å²) in [6.45, 7) is 6.76. The lowest BCUT2D eigenvalue weighted by molar-refractivity contribution is -0.123. The summed E-state index contributed by atoms with van der Waals surface area (Å²) in [6.07, 6.45) is 9.71. The molecule has 2 aromatic rings. The number of nitriles is 1. The first kappa shape index (κ1) is 23.5. The molecule has 2 N–H and O–H groups in total. The maximum Gasteiger partial charge on any atom is 0.243 e. The SMILES string of the molecule is CC(C)CC(Nc1nccc2ccccc12)C(=O)NC1(C#N)CCN(CC2CCCCC2)C1. The maximum absolute atomic E-state index is 13.5. The van der Waals surface area contributed by atoms with Crippen LogP contribution in [0.15, 0.2) is 36.5 Å². The highest BCUT2D eigenvalue weighted by Gasteiger charge is 2.41. The summed E-state index contributed by atoms with van der Waals surface area (Å²) in [5.41, 5.74) is -0.811. The fourth-order valence-electron chi connectivity index (χ4n) is 5.43. The normalized spacial score (nSPS) is 22.8. The number of amides is 1. The van der Waals surface area contributed by atoms with E-state index in [1.54, 1.807) is 6.20 Å². The van der Waals surface area contributed by atoms with Crippen LogP contribution in [0.4, 0.5) is 5.82 Å². The Balaban J connectivity index is 1.45. The number of benzene rings is 1. The molecule has 0 bridgehead atoms. The van der Waals surface area contributed by atoms with Crippen LogP contribution in [-0.4, -0.2) is 47.0 Å². The van der Waals surface area contributed by atoms with Gasteiger partial charge in [0, 0.05) is 31.2 Å². The Labute approximate surface area is 197 Å². The lowest BCUT2D eigenvalue weighted by Gasteiger charge is -2.29. The van der Waals surface area contributed by atoms with Crippen LogP contribution in [0.2, 0.25) is 0 Å². The van der Waals surface area contributed by atoms with Gasteiger partial charge in [-0.1, -0.05) is 57.4 Å². The third-order valence-corrected chi connectivity index (χ3v) is 7.17. The molecular weight excluding hydrogens is 410 g/mol. The van der Waals surface area contributed by atoms with Crippen LogP contribution in [0.25, 0.3) is 10.8 Å². The second-order valence-electron chi connectivity index (χ2n) is 10.4. The molecule has 1 saturated heterocycles. The Morgan fingerprint density at radius 2 is 2.03 bits per heavy atom. The molecule has 2 aliphatic rings. The molecule has 1 aromatic heterocycles. The second-order valence-corrected chi connectivity index (χ2v) is 10.4. The van der Waals surface area contributed by atoms with Gasteiger partial charge in [-0.05, 0) is 49.0 Å². The monoisotopic (exact) mass is 447 g/mol. The number of hydrogen-bond donors (Lipinski definition) is 2. The minimum atomic E-state index is -0.811. The summed E-state index contributed by atoms with van der Waals surface area (Å²) < 4.78 is 0. The van der Waals surface area contributed by atoms with E-state index in [1.807, 2.05) is 30.3 Å².